The van der Waals surface area contributed by atoms with E-state index in [9.17, 15) is 0 Å². The molecule has 0 amide bonds. The summed E-state index contributed by atoms with van der Waals surface area (Å²) in [5.74, 6) is 0. The van der Waals surface area contributed by atoms with Crippen LogP contribution in [0.25, 0.3) is 99.4 Å². The summed E-state index contributed by atoms with van der Waals surface area (Å²) in [6.07, 6.45) is 0. The van der Waals surface area contributed by atoms with Gasteiger partial charge in [-0.25, -0.2) is 0 Å². The molecule has 2 heteroatoms. The molecule has 0 aromatic heterocycles. The van der Waals surface area contributed by atoms with Crippen LogP contribution in [0.1, 0.15) is 61.1 Å². The van der Waals surface area contributed by atoms with Crippen LogP contribution in [0.15, 0.2) is 303 Å². The third-order valence-electron chi connectivity index (χ3n) is 19.7. The highest BCUT2D eigenvalue weighted by Crippen LogP contribution is 2.53. The van der Waals surface area contributed by atoms with E-state index in [0.29, 0.717) is 0 Å². The number of hydrogen-bond acceptors (Lipinski definition) is 2. The zero-order valence-electron chi connectivity index (χ0n) is 51.8. The third-order valence-corrected chi connectivity index (χ3v) is 19.7. The van der Waals surface area contributed by atoms with Crippen molar-refractivity contribution in [3.05, 3.63) is 337 Å². The van der Waals surface area contributed by atoms with Gasteiger partial charge >= 0.3 is 0 Å². The Kier molecular flexibility index (Phi) is 13.0. The number of anilines is 6. The summed E-state index contributed by atoms with van der Waals surface area (Å²) in [5.41, 5.74) is 31.5. The second-order valence-electron chi connectivity index (χ2n) is 25.8. The van der Waals surface area contributed by atoms with E-state index in [2.05, 4.69) is 355 Å². The lowest BCUT2D eigenvalue weighted by molar-refractivity contribution is 0.660. The second kappa shape index (κ2) is 21.5. The van der Waals surface area contributed by atoms with E-state index in [0.717, 1.165) is 34.1 Å². The van der Waals surface area contributed by atoms with Gasteiger partial charge in [0.25, 0.3) is 0 Å². The first-order valence-corrected chi connectivity index (χ1v) is 31.6. The normalized spacial score (nSPS) is 13.2. The molecule has 0 atom stereocenters. The lowest BCUT2D eigenvalue weighted by atomic mass is 9.81. The molecule has 0 spiro atoms. The summed E-state index contributed by atoms with van der Waals surface area (Å²) in [6.45, 7) is 14.0. The monoisotopic (exact) mass is 1150 g/mol. The molecule has 0 radical (unpaired) electrons. The maximum Gasteiger partial charge on any atom is 0.0540 e. The molecule has 90 heavy (non-hydrogen) atoms. The van der Waals surface area contributed by atoms with Crippen molar-refractivity contribution >= 4 is 55.7 Å². The molecule has 0 heterocycles. The summed E-state index contributed by atoms with van der Waals surface area (Å²) >= 11 is 0. The molecule has 0 saturated heterocycles. The molecule has 16 rings (SSSR count). The molecular formula is C88H68N2. The summed E-state index contributed by atoms with van der Waals surface area (Å²) in [6, 6.07) is 113. The van der Waals surface area contributed by atoms with Crippen molar-refractivity contribution in [2.75, 3.05) is 9.80 Å². The number of fused-ring (bicyclic) bond motifs is 8. The Hall–Kier alpha value is -10.8. The first-order valence-electron chi connectivity index (χ1n) is 31.6. The van der Waals surface area contributed by atoms with Crippen molar-refractivity contribution in [1.82, 2.24) is 0 Å². The second-order valence-corrected chi connectivity index (χ2v) is 25.8. The molecule has 0 fully saturated rings. The molecule has 14 aromatic carbocycles. The van der Waals surface area contributed by atoms with Crippen LogP contribution in [-0.2, 0) is 10.8 Å². The van der Waals surface area contributed by atoms with E-state index in [-0.39, 0.29) is 10.8 Å². The van der Waals surface area contributed by atoms with Gasteiger partial charge in [-0.1, -0.05) is 246 Å². The van der Waals surface area contributed by atoms with Crippen molar-refractivity contribution in [1.29, 1.82) is 0 Å². The molecule has 2 nitrogen and oxygen atoms in total. The van der Waals surface area contributed by atoms with E-state index in [1.807, 2.05) is 0 Å². The van der Waals surface area contributed by atoms with Gasteiger partial charge in [-0.15, -0.1) is 0 Å². The highest BCUT2D eigenvalue weighted by atomic mass is 15.2. The lowest BCUT2D eigenvalue weighted by Crippen LogP contribution is -2.15. The maximum absolute atomic E-state index is 2.47. The summed E-state index contributed by atoms with van der Waals surface area (Å²) in [4.78, 5) is 4.95. The number of nitrogens with zero attached hydrogens (tertiary/aromatic N) is 2. The molecule has 0 aliphatic heterocycles. The molecule has 0 bridgehead atoms. The molecule has 0 saturated carbocycles. The van der Waals surface area contributed by atoms with Crippen LogP contribution < -0.4 is 9.80 Å². The van der Waals surface area contributed by atoms with E-state index >= 15 is 0 Å². The quantitative estimate of drug-likeness (QED) is 0.127. The van der Waals surface area contributed by atoms with Gasteiger partial charge in [0, 0.05) is 44.7 Å². The van der Waals surface area contributed by atoms with Gasteiger partial charge in [0.2, 0.25) is 0 Å². The molecule has 0 unspecified atom stereocenters. The first kappa shape index (κ1) is 54.6. The third kappa shape index (κ3) is 9.16. The minimum atomic E-state index is -0.125. The summed E-state index contributed by atoms with van der Waals surface area (Å²) in [7, 11) is 0. The Balaban J connectivity index is 0.790. The standard InChI is InChI=1S/C88H68N2/c1-57-51-65(41-49-83(57)89(71-43-35-61(36-44-71)67-33-31-59-19-7-9-21-63(59)53-67)85-29-17-13-23-73(85)69-39-47-77-75-25-11-15-27-79(75)87(3,4)81(77)55-69)66-42-50-84(58(2)52-66)90(72-45-37-62(38-46-72)68-34-32-60-20-8-10-22-64(60)54-68)86-30-18-14-24-74(86)70-40-48-78-76-26-12-16-28-80(76)88(5,6)82(78)56-70/h7-56H,1-6H3. The van der Waals surface area contributed by atoms with Gasteiger partial charge in [-0.3, -0.25) is 0 Å². The SMILES string of the molecule is Cc1cc(-c2ccc(N(c3ccc(-c4ccc5ccccc5c4)cc3)c3ccccc3-c3ccc4c(c3)C(C)(C)c3ccccc3-4)c(C)c2)ccc1N(c1ccc(-c2ccc3ccccc3c2)cc1)c1ccccc1-c1ccc2c(c1)C(C)(C)c1ccccc1-2. The number of benzene rings is 14. The Bertz CT molecular complexity index is 4830. The Morgan fingerprint density at radius 3 is 0.933 bits per heavy atom. The number of hydrogen-bond donors (Lipinski definition) is 0. The van der Waals surface area contributed by atoms with Gasteiger partial charge < -0.3 is 9.80 Å². The predicted molar refractivity (Wildman–Crippen MR) is 383 cm³/mol. The minimum Gasteiger partial charge on any atom is -0.310 e. The van der Waals surface area contributed by atoms with E-state index < -0.39 is 0 Å². The summed E-state index contributed by atoms with van der Waals surface area (Å²) in [5, 5.41) is 4.97. The molecule has 2 aliphatic carbocycles. The van der Waals surface area contributed by atoms with Gasteiger partial charge in [0.1, 0.15) is 0 Å². The van der Waals surface area contributed by atoms with Crippen molar-refractivity contribution in [3.63, 3.8) is 0 Å². The van der Waals surface area contributed by atoms with Crippen molar-refractivity contribution in [3.8, 4) is 77.9 Å². The molecule has 14 aromatic rings. The fourth-order valence-electron chi connectivity index (χ4n) is 14.9. The Labute approximate surface area is 529 Å². The van der Waals surface area contributed by atoms with E-state index in [4.69, 9.17) is 0 Å². The Morgan fingerprint density at radius 1 is 0.211 bits per heavy atom. The Morgan fingerprint density at radius 2 is 0.522 bits per heavy atom. The average molecular weight is 1150 g/mol. The number of para-hydroxylation sites is 2. The van der Waals surface area contributed by atoms with Crippen molar-refractivity contribution in [2.45, 2.75) is 52.4 Å². The van der Waals surface area contributed by atoms with E-state index in [1.165, 1.54) is 133 Å². The van der Waals surface area contributed by atoms with Crippen molar-refractivity contribution < 1.29 is 0 Å². The van der Waals surface area contributed by atoms with E-state index in [1.54, 1.807) is 0 Å². The van der Waals surface area contributed by atoms with Crippen LogP contribution in [0.5, 0.6) is 0 Å². The van der Waals surface area contributed by atoms with Crippen LogP contribution in [0.3, 0.4) is 0 Å². The van der Waals surface area contributed by atoms with Gasteiger partial charge in [-0.2, -0.15) is 0 Å². The van der Waals surface area contributed by atoms with Gasteiger partial charge in [-0.05, 0) is 220 Å². The van der Waals surface area contributed by atoms with Crippen LogP contribution in [0.4, 0.5) is 34.1 Å². The fraction of sp³-hybridized carbons (Fsp3) is 0.0909. The van der Waals surface area contributed by atoms with Crippen LogP contribution in [0, 0.1) is 13.8 Å². The van der Waals surface area contributed by atoms with Crippen LogP contribution in [-0.4, -0.2) is 0 Å². The first-order chi connectivity index (χ1) is 43.9. The number of aryl methyl sites for hydroxylation is 2. The van der Waals surface area contributed by atoms with Gasteiger partial charge in [0.05, 0.1) is 11.4 Å². The lowest BCUT2D eigenvalue weighted by Gasteiger charge is -2.30. The minimum absolute atomic E-state index is 0.125. The summed E-state index contributed by atoms with van der Waals surface area (Å²) < 4.78 is 0. The van der Waals surface area contributed by atoms with Gasteiger partial charge in [0.15, 0.2) is 0 Å². The molecule has 430 valence electrons. The molecule has 0 N–H and O–H groups in total. The average Bonchev–Trinajstić information content (AvgIpc) is 1.75. The van der Waals surface area contributed by atoms with Crippen LogP contribution in [0.2, 0.25) is 0 Å². The molecular weight excluding hydrogens is 1080 g/mol. The largest absolute Gasteiger partial charge is 0.310 e. The fourth-order valence-corrected chi connectivity index (χ4v) is 14.9. The van der Waals surface area contributed by atoms with Crippen molar-refractivity contribution in [2.24, 2.45) is 0 Å². The topological polar surface area (TPSA) is 6.48 Å². The highest BCUT2D eigenvalue weighted by molar-refractivity contribution is 5.96. The number of rotatable bonds is 11. The molecule has 2 aliphatic rings. The predicted octanol–water partition coefficient (Wildman–Crippen LogP) is 24.5. The highest BCUT2D eigenvalue weighted by Gasteiger charge is 2.37. The zero-order chi connectivity index (χ0) is 60.8. The smallest absolute Gasteiger partial charge is 0.0540 e. The maximum atomic E-state index is 2.47. The zero-order valence-corrected chi connectivity index (χ0v) is 51.8. The van der Waals surface area contributed by atoms with Crippen LogP contribution >= 0.6 is 0 Å².